The third kappa shape index (κ3) is 4.44. The van der Waals surface area contributed by atoms with Crippen molar-refractivity contribution in [3.8, 4) is 11.5 Å². The molecule has 1 N–H and O–H groups in total. The van der Waals surface area contributed by atoms with Crippen molar-refractivity contribution in [3.05, 3.63) is 56.4 Å². The van der Waals surface area contributed by atoms with Gasteiger partial charge in [-0.15, -0.1) is 0 Å². The number of fused-ring (bicyclic) bond motifs is 4. The van der Waals surface area contributed by atoms with Gasteiger partial charge in [0.2, 0.25) is 11.8 Å². The first kappa shape index (κ1) is 26.8. The first-order chi connectivity index (χ1) is 18.1. The van der Waals surface area contributed by atoms with Crippen LogP contribution in [0.2, 0.25) is 0 Å². The smallest absolute Gasteiger partial charge is 0.250 e. The Bertz CT molecular complexity index is 1350. The van der Waals surface area contributed by atoms with Crippen molar-refractivity contribution in [2.24, 2.45) is 11.3 Å². The largest absolute Gasteiger partial charge is 0.503 e. The topological polar surface area (TPSA) is 95.3 Å². The van der Waals surface area contributed by atoms with Crippen molar-refractivity contribution in [3.63, 3.8) is 0 Å². The normalized spacial score (nSPS) is 23.0. The Kier molecular flexibility index (Phi) is 7.12. The van der Waals surface area contributed by atoms with Crippen LogP contribution in [0, 0.1) is 11.3 Å². The highest BCUT2D eigenvalue weighted by molar-refractivity contribution is 9.10. The molecule has 0 saturated carbocycles. The summed E-state index contributed by atoms with van der Waals surface area (Å²) in [6.07, 6.45) is 1.09. The number of phenols is 1. The molecule has 0 radical (unpaired) electrons. The second kappa shape index (κ2) is 10.1. The zero-order valence-corrected chi connectivity index (χ0v) is 24.0. The highest BCUT2D eigenvalue weighted by Gasteiger charge is 2.55. The molecule has 2 fully saturated rings. The van der Waals surface area contributed by atoms with Gasteiger partial charge in [-0.1, -0.05) is 6.07 Å². The van der Waals surface area contributed by atoms with Crippen LogP contribution in [0.25, 0.3) is 0 Å². The molecule has 0 aliphatic carbocycles. The summed E-state index contributed by atoms with van der Waals surface area (Å²) in [5.74, 6) is -0.0453. The lowest BCUT2D eigenvalue weighted by atomic mass is 9.75. The number of likely N-dealkylation sites (tertiary alicyclic amines) is 1. The first-order valence-electron chi connectivity index (χ1n) is 12.7. The van der Waals surface area contributed by atoms with Crippen LogP contribution in [0.5, 0.6) is 11.5 Å². The first-order valence-corrected chi connectivity index (χ1v) is 13.9. The monoisotopic (exact) mass is 602 g/mol. The molecule has 1 aromatic carbocycles. The predicted molar refractivity (Wildman–Crippen MR) is 149 cm³/mol. The van der Waals surface area contributed by atoms with Crippen LogP contribution < -0.4 is 10.3 Å². The van der Waals surface area contributed by atoms with Crippen molar-refractivity contribution >= 4 is 45.1 Å². The van der Waals surface area contributed by atoms with Crippen LogP contribution >= 0.6 is 28.1 Å². The van der Waals surface area contributed by atoms with E-state index in [0.717, 1.165) is 12.1 Å². The minimum atomic E-state index is -1.42. The molecule has 38 heavy (non-hydrogen) atoms. The third-order valence-corrected chi connectivity index (χ3v) is 9.10. The number of nitrogens with zero attached hydrogens (tertiary/aromatic N) is 4. The molecule has 5 rings (SSSR count). The molecule has 11 heteroatoms. The van der Waals surface area contributed by atoms with Crippen molar-refractivity contribution in [2.75, 3.05) is 40.3 Å². The fourth-order valence-corrected chi connectivity index (χ4v) is 6.98. The van der Waals surface area contributed by atoms with E-state index in [-0.39, 0.29) is 58.8 Å². The zero-order valence-electron chi connectivity index (χ0n) is 21.6. The number of aromatic nitrogens is 1. The number of aromatic hydroxyl groups is 1. The molecule has 0 spiro atoms. The molecule has 202 valence electrons. The minimum absolute atomic E-state index is 0.0135. The number of halogens is 1. The van der Waals surface area contributed by atoms with Gasteiger partial charge in [0.25, 0.3) is 5.56 Å². The molecule has 2 amide bonds. The van der Waals surface area contributed by atoms with Crippen LogP contribution in [-0.4, -0.2) is 81.6 Å². The molecule has 4 heterocycles. The van der Waals surface area contributed by atoms with Gasteiger partial charge in [0, 0.05) is 58.0 Å². The summed E-state index contributed by atoms with van der Waals surface area (Å²) in [6.45, 7) is 4.34. The Morgan fingerprint density at radius 1 is 1.11 bits per heavy atom. The van der Waals surface area contributed by atoms with Gasteiger partial charge in [0.05, 0.1) is 11.1 Å². The standard InChI is InChI=1S/C27H31BrN4O5S/c1-4-37-21-10-16(9-19(28)23(21)34)11-27(24(35)29(2)26(38)30(3)25(27)36)15-31-12-17-8-18(14-31)20-6-5-7-22(33)32(20)13-17/h5-7,9-10,17-18,34H,4,8,11-15H2,1-3H3/t17-,18-/m0/s1. The molecule has 9 nitrogen and oxygen atoms in total. The van der Waals surface area contributed by atoms with Crippen LogP contribution in [0.1, 0.15) is 30.5 Å². The quantitative estimate of drug-likeness (QED) is 0.401. The third-order valence-electron chi connectivity index (χ3n) is 7.94. The number of ether oxygens (including phenoxy) is 1. The molecular formula is C27H31BrN4O5S. The maximum absolute atomic E-state index is 14.0. The average molecular weight is 604 g/mol. The number of thiocarbonyl (C=S) groups is 1. The van der Waals surface area contributed by atoms with E-state index in [2.05, 4.69) is 20.8 Å². The summed E-state index contributed by atoms with van der Waals surface area (Å²) in [7, 11) is 3.21. The summed E-state index contributed by atoms with van der Waals surface area (Å²) in [4.78, 5) is 45.4. The number of pyridine rings is 1. The highest BCUT2D eigenvalue weighted by atomic mass is 79.9. The molecule has 0 unspecified atom stereocenters. The fraction of sp³-hybridized carbons (Fsp3) is 0.481. The molecule has 1 aromatic heterocycles. The van der Waals surface area contributed by atoms with E-state index in [1.165, 1.54) is 9.80 Å². The summed E-state index contributed by atoms with van der Waals surface area (Å²) < 4.78 is 7.90. The van der Waals surface area contributed by atoms with E-state index in [1.54, 1.807) is 38.4 Å². The number of amides is 2. The van der Waals surface area contributed by atoms with Crippen molar-refractivity contribution in [1.82, 2.24) is 19.3 Å². The number of hydrogen-bond acceptors (Lipinski definition) is 7. The Balaban J connectivity index is 1.53. The van der Waals surface area contributed by atoms with E-state index in [0.29, 0.717) is 36.3 Å². The minimum Gasteiger partial charge on any atom is -0.503 e. The lowest BCUT2D eigenvalue weighted by Gasteiger charge is -2.48. The second-order valence-corrected chi connectivity index (χ2v) is 11.7. The molecule has 3 aliphatic heterocycles. The molecule has 3 aliphatic rings. The van der Waals surface area contributed by atoms with Gasteiger partial charge < -0.3 is 19.3 Å². The summed E-state index contributed by atoms with van der Waals surface area (Å²) in [5.41, 5.74) is 0.282. The number of rotatable bonds is 6. The molecular weight excluding hydrogens is 572 g/mol. The van der Waals surface area contributed by atoms with Crippen LogP contribution in [0.4, 0.5) is 0 Å². The van der Waals surface area contributed by atoms with Gasteiger partial charge in [-0.25, -0.2) is 0 Å². The molecule has 2 bridgehead atoms. The molecule has 2 aromatic rings. The number of piperidine rings is 1. The predicted octanol–water partition coefficient (Wildman–Crippen LogP) is 2.58. The van der Waals surface area contributed by atoms with Gasteiger partial charge >= 0.3 is 0 Å². The number of carbonyl (C=O) groups excluding carboxylic acids is 2. The number of benzene rings is 1. The summed E-state index contributed by atoms with van der Waals surface area (Å²) in [5, 5.41) is 10.6. The zero-order chi connectivity index (χ0) is 27.4. The van der Waals surface area contributed by atoms with Gasteiger partial charge in [0.15, 0.2) is 16.6 Å². The van der Waals surface area contributed by atoms with E-state index in [4.69, 9.17) is 17.0 Å². The summed E-state index contributed by atoms with van der Waals surface area (Å²) in [6, 6.07) is 8.80. The van der Waals surface area contributed by atoms with E-state index >= 15 is 0 Å². The van der Waals surface area contributed by atoms with Gasteiger partial charge in [-0.05, 0) is 77.6 Å². The van der Waals surface area contributed by atoms with E-state index in [9.17, 15) is 19.5 Å². The lowest BCUT2D eigenvalue weighted by molar-refractivity contribution is -0.157. The fourth-order valence-electron chi connectivity index (χ4n) is 6.32. The number of carbonyl (C=O) groups is 2. The second-order valence-electron chi connectivity index (χ2n) is 10.5. The van der Waals surface area contributed by atoms with Gasteiger partial charge in [-0.2, -0.15) is 0 Å². The van der Waals surface area contributed by atoms with E-state index in [1.807, 2.05) is 17.6 Å². The van der Waals surface area contributed by atoms with Crippen LogP contribution in [0.3, 0.4) is 0 Å². The van der Waals surface area contributed by atoms with Crippen molar-refractivity contribution in [1.29, 1.82) is 0 Å². The van der Waals surface area contributed by atoms with Crippen LogP contribution in [0.15, 0.2) is 39.6 Å². The molecule has 2 atom stereocenters. The Morgan fingerprint density at radius 2 is 1.82 bits per heavy atom. The maximum atomic E-state index is 14.0. The van der Waals surface area contributed by atoms with E-state index < -0.39 is 5.41 Å². The van der Waals surface area contributed by atoms with Gasteiger partial charge in [-0.3, -0.25) is 24.2 Å². The Labute approximate surface area is 235 Å². The molecule has 2 saturated heterocycles. The lowest BCUT2D eigenvalue weighted by Crippen LogP contribution is -2.67. The SMILES string of the molecule is CCOc1cc(CC2(CN3C[C@@H]4C[C@@H](C3)c3cccc(=O)n3C4)C(=O)N(C)C(=S)N(C)C2=O)cc(Br)c1O. The average Bonchev–Trinajstić information content (AvgIpc) is 2.89. The summed E-state index contributed by atoms with van der Waals surface area (Å²) >= 11 is 8.78. The Morgan fingerprint density at radius 3 is 2.50 bits per heavy atom. The van der Waals surface area contributed by atoms with Crippen LogP contribution in [-0.2, 0) is 22.6 Å². The van der Waals surface area contributed by atoms with Crippen molar-refractivity contribution < 1.29 is 19.4 Å². The Hall–Kier alpha value is -2.76. The maximum Gasteiger partial charge on any atom is 0.250 e. The van der Waals surface area contributed by atoms with Gasteiger partial charge in [0.1, 0.15) is 5.41 Å². The number of hydrogen-bond donors (Lipinski definition) is 1. The number of phenolic OH excluding ortho intramolecular Hbond substituents is 1. The highest BCUT2D eigenvalue weighted by Crippen LogP contribution is 2.42. The van der Waals surface area contributed by atoms with Crippen molar-refractivity contribution in [2.45, 2.75) is 32.2 Å².